The summed E-state index contributed by atoms with van der Waals surface area (Å²) >= 11 is 0. The van der Waals surface area contributed by atoms with Gasteiger partial charge in [0.1, 0.15) is 0 Å². The zero-order valence-corrected chi connectivity index (χ0v) is 5.19. The lowest BCUT2D eigenvalue weighted by atomic mass is 9.71. The largest absolute Gasteiger partial charge is 0.0496 e. The third kappa shape index (κ3) is 0.667. The minimum absolute atomic E-state index is 1.01. The van der Waals surface area contributed by atoms with E-state index in [0.717, 1.165) is 5.92 Å². The SMILES string of the molecule is [CH]1C[C]2CCC1CC2. The second-order valence-corrected chi connectivity index (χ2v) is 3.03. The van der Waals surface area contributed by atoms with Gasteiger partial charge in [0.25, 0.3) is 0 Å². The van der Waals surface area contributed by atoms with Gasteiger partial charge in [0, 0.05) is 0 Å². The Hall–Kier alpha value is 0. The maximum Gasteiger partial charge on any atom is -0.0238 e. The molecule has 0 aliphatic heterocycles. The summed E-state index contributed by atoms with van der Waals surface area (Å²) < 4.78 is 0. The van der Waals surface area contributed by atoms with Crippen molar-refractivity contribution < 1.29 is 0 Å². The first-order valence-corrected chi connectivity index (χ1v) is 3.62. The highest BCUT2D eigenvalue weighted by Crippen LogP contribution is 2.41. The van der Waals surface area contributed by atoms with Crippen molar-refractivity contribution in [3.63, 3.8) is 0 Å². The lowest BCUT2D eigenvalue weighted by Crippen LogP contribution is -2.20. The summed E-state index contributed by atoms with van der Waals surface area (Å²) in [6.45, 7) is 0. The molecule has 2 bridgehead atoms. The van der Waals surface area contributed by atoms with Gasteiger partial charge in [-0.2, -0.15) is 0 Å². The van der Waals surface area contributed by atoms with Crippen molar-refractivity contribution >= 4 is 0 Å². The zero-order chi connectivity index (χ0) is 5.40. The van der Waals surface area contributed by atoms with Gasteiger partial charge in [0.15, 0.2) is 0 Å². The van der Waals surface area contributed by atoms with Crippen LogP contribution in [-0.2, 0) is 0 Å². The predicted molar refractivity (Wildman–Crippen MR) is 34.1 cm³/mol. The van der Waals surface area contributed by atoms with E-state index in [9.17, 15) is 0 Å². The van der Waals surface area contributed by atoms with Crippen LogP contribution in [0.2, 0.25) is 0 Å². The van der Waals surface area contributed by atoms with E-state index in [-0.39, 0.29) is 0 Å². The molecule has 3 fully saturated rings. The van der Waals surface area contributed by atoms with Crippen LogP contribution in [0, 0.1) is 18.3 Å². The molecule has 8 heavy (non-hydrogen) atoms. The summed E-state index contributed by atoms with van der Waals surface area (Å²) in [5.41, 5.74) is 0. The molecule has 0 aromatic heterocycles. The summed E-state index contributed by atoms with van der Waals surface area (Å²) in [6, 6.07) is 0. The average Bonchev–Trinajstić information content (AvgIpc) is 1.92. The maximum atomic E-state index is 2.50. The zero-order valence-electron chi connectivity index (χ0n) is 5.19. The molecule has 0 unspecified atom stereocenters. The van der Waals surface area contributed by atoms with E-state index >= 15 is 0 Å². The fraction of sp³-hybridized carbons (Fsp3) is 0.750. The monoisotopic (exact) mass is 108 g/mol. The average molecular weight is 108 g/mol. The van der Waals surface area contributed by atoms with Gasteiger partial charge in [0.05, 0.1) is 0 Å². The Balaban J connectivity index is 2.03. The molecule has 0 spiro atoms. The Morgan fingerprint density at radius 3 is 2.12 bits per heavy atom. The molecule has 0 saturated heterocycles. The smallest absolute Gasteiger partial charge is 0.0238 e. The highest BCUT2D eigenvalue weighted by atomic mass is 14.3. The number of rotatable bonds is 0. The fourth-order valence-corrected chi connectivity index (χ4v) is 1.82. The van der Waals surface area contributed by atoms with E-state index < -0.39 is 0 Å². The molecular formula is C8H12. The molecular weight excluding hydrogens is 96.1 g/mol. The van der Waals surface area contributed by atoms with Crippen molar-refractivity contribution in [3.8, 4) is 0 Å². The topological polar surface area (TPSA) is 0 Å². The number of fused-ring (bicyclic) bond motifs is 3. The minimum Gasteiger partial charge on any atom is -0.0496 e. The van der Waals surface area contributed by atoms with Crippen molar-refractivity contribution in [2.75, 3.05) is 0 Å². The first-order valence-electron chi connectivity index (χ1n) is 3.62. The lowest BCUT2D eigenvalue weighted by Gasteiger charge is -2.34. The van der Waals surface area contributed by atoms with Gasteiger partial charge in [0.2, 0.25) is 0 Å². The molecule has 44 valence electrons. The van der Waals surface area contributed by atoms with E-state index in [0.29, 0.717) is 0 Å². The van der Waals surface area contributed by atoms with E-state index in [4.69, 9.17) is 0 Å². The number of hydrogen-bond acceptors (Lipinski definition) is 0. The molecule has 2 radical (unpaired) electrons. The summed E-state index contributed by atoms with van der Waals surface area (Å²) in [6.07, 6.45) is 9.68. The van der Waals surface area contributed by atoms with Crippen molar-refractivity contribution in [1.82, 2.24) is 0 Å². The first-order chi connectivity index (χ1) is 3.95. The molecule has 0 heteroatoms. The van der Waals surface area contributed by atoms with Crippen LogP contribution in [-0.4, -0.2) is 0 Å². The molecule has 3 aliphatic rings. The standard InChI is InChI=1S/C8H12/c1-2-8-5-3-7(1)4-6-8/h1,7H,2-6H2. The van der Waals surface area contributed by atoms with Crippen LogP contribution in [0.1, 0.15) is 32.1 Å². The molecule has 0 amide bonds. The quantitative estimate of drug-likeness (QED) is 0.447. The molecule has 0 atom stereocenters. The third-order valence-electron chi connectivity index (χ3n) is 2.48. The van der Waals surface area contributed by atoms with Crippen LogP contribution in [0.15, 0.2) is 0 Å². The first kappa shape index (κ1) is 4.84. The van der Waals surface area contributed by atoms with E-state index in [1.54, 1.807) is 0 Å². The van der Waals surface area contributed by atoms with Gasteiger partial charge in [-0.15, -0.1) is 0 Å². The summed E-state index contributed by atoms with van der Waals surface area (Å²) in [5, 5.41) is 0. The second kappa shape index (κ2) is 1.75. The van der Waals surface area contributed by atoms with E-state index in [1.165, 1.54) is 32.1 Å². The van der Waals surface area contributed by atoms with Crippen molar-refractivity contribution in [3.05, 3.63) is 12.3 Å². The maximum absolute atomic E-state index is 2.50. The molecule has 0 heterocycles. The highest BCUT2D eigenvalue weighted by Gasteiger charge is 2.27. The van der Waals surface area contributed by atoms with Gasteiger partial charge >= 0.3 is 0 Å². The third-order valence-corrected chi connectivity index (χ3v) is 2.48. The van der Waals surface area contributed by atoms with Gasteiger partial charge in [-0.25, -0.2) is 0 Å². The Bertz CT molecular complexity index is 55.0. The minimum atomic E-state index is 1.01. The van der Waals surface area contributed by atoms with Gasteiger partial charge < -0.3 is 0 Å². The molecule has 0 nitrogen and oxygen atoms in total. The normalized spacial score (nSPS) is 31.5. The summed E-state index contributed by atoms with van der Waals surface area (Å²) in [5.74, 6) is 2.82. The Labute approximate surface area is 51.3 Å². The molecule has 3 saturated carbocycles. The summed E-state index contributed by atoms with van der Waals surface area (Å²) in [4.78, 5) is 0. The van der Waals surface area contributed by atoms with Gasteiger partial charge in [-0.3, -0.25) is 0 Å². The molecule has 0 N–H and O–H groups in total. The van der Waals surface area contributed by atoms with Crippen molar-refractivity contribution in [2.45, 2.75) is 32.1 Å². The Kier molecular flexibility index (Phi) is 1.06. The van der Waals surface area contributed by atoms with Crippen molar-refractivity contribution in [2.24, 2.45) is 5.92 Å². The van der Waals surface area contributed by atoms with Crippen LogP contribution >= 0.6 is 0 Å². The Morgan fingerprint density at radius 2 is 2.00 bits per heavy atom. The van der Waals surface area contributed by atoms with Crippen LogP contribution in [0.4, 0.5) is 0 Å². The number of hydrogen-bond donors (Lipinski definition) is 0. The van der Waals surface area contributed by atoms with Crippen molar-refractivity contribution in [1.29, 1.82) is 0 Å². The van der Waals surface area contributed by atoms with Crippen LogP contribution in [0.3, 0.4) is 0 Å². The van der Waals surface area contributed by atoms with E-state index in [2.05, 4.69) is 6.42 Å². The van der Waals surface area contributed by atoms with Gasteiger partial charge in [-0.1, -0.05) is 0 Å². The highest BCUT2D eigenvalue weighted by molar-refractivity contribution is 5.07. The van der Waals surface area contributed by atoms with Crippen LogP contribution < -0.4 is 0 Å². The predicted octanol–water partition coefficient (Wildman–Crippen LogP) is 2.36. The van der Waals surface area contributed by atoms with Crippen LogP contribution in [0.25, 0.3) is 0 Å². The lowest BCUT2D eigenvalue weighted by molar-refractivity contribution is 0.354. The van der Waals surface area contributed by atoms with E-state index in [1.807, 2.05) is 5.92 Å². The second-order valence-electron chi connectivity index (χ2n) is 3.03. The van der Waals surface area contributed by atoms with Gasteiger partial charge in [-0.05, 0) is 50.4 Å². The fourth-order valence-electron chi connectivity index (χ4n) is 1.82. The molecule has 0 aromatic carbocycles. The Morgan fingerprint density at radius 1 is 1.25 bits per heavy atom. The molecule has 3 aliphatic carbocycles. The van der Waals surface area contributed by atoms with Crippen LogP contribution in [0.5, 0.6) is 0 Å². The molecule has 3 rings (SSSR count). The molecule has 0 aromatic rings. The summed E-state index contributed by atoms with van der Waals surface area (Å²) in [7, 11) is 0.